The molecule has 16 heteroatoms. The van der Waals surface area contributed by atoms with Gasteiger partial charge in [-0.25, -0.2) is 0 Å². The summed E-state index contributed by atoms with van der Waals surface area (Å²) in [5.41, 5.74) is 0. The van der Waals surface area contributed by atoms with Crippen LogP contribution in [0.2, 0.25) is 0 Å². The molecule has 0 aliphatic carbocycles. The molecule has 0 aromatic carbocycles. The molecule has 1 rings (SSSR count). The van der Waals surface area contributed by atoms with Crippen molar-refractivity contribution in [2.45, 2.75) is 32.0 Å². The second-order valence-electron chi connectivity index (χ2n) is 9.22. The number of imide groups is 1. The van der Waals surface area contributed by atoms with Crippen LogP contribution in [-0.4, -0.2) is 139 Å². The normalized spacial score (nSPS) is 14.0. The number of hydrogen-bond acceptors (Lipinski definition) is 14. The van der Waals surface area contributed by atoms with Gasteiger partial charge in [0.1, 0.15) is 0 Å². The standard InChI is InChI=1S/C24H38N5O11/c30-18(25-7-3-1-2-4-8-29-19(31)5-6-20(29)32)13-27(15-22(35)36)11-9-26(14-21(33)34)10-12-28(16-23(37)38)17-24(39)40/h5-6,23,37H,1-4,7-17H2,(H,25,30)(H,33,34)(H,35,36)(H,39,40)/q-1/p-3. The first-order valence-electron chi connectivity index (χ1n) is 12.8. The van der Waals surface area contributed by atoms with Crippen LogP contribution < -0.4 is 25.7 Å². The molecule has 40 heavy (non-hydrogen) atoms. The average molecular weight is 570 g/mol. The van der Waals surface area contributed by atoms with E-state index in [1.54, 1.807) is 0 Å². The summed E-state index contributed by atoms with van der Waals surface area (Å²) in [6.45, 7) is -2.30. The van der Waals surface area contributed by atoms with Crippen molar-refractivity contribution in [3.8, 4) is 0 Å². The van der Waals surface area contributed by atoms with Crippen LogP contribution in [0.4, 0.5) is 0 Å². The molecule has 1 atom stereocenters. The summed E-state index contributed by atoms with van der Waals surface area (Å²) in [5.74, 6) is -5.53. The summed E-state index contributed by atoms with van der Waals surface area (Å²) in [7, 11) is 0. The molecule has 1 aliphatic rings. The fourth-order valence-corrected chi connectivity index (χ4v) is 3.94. The van der Waals surface area contributed by atoms with Crippen LogP contribution in [0.25, 0.3) is 0 Å². The molecule has 16 nitrogen and oxygen atoms in total. The Labute approximate surface area is 231 Å². The number of rotatable bonds is 23. The first-order chi connectivity index (χ1) is 18.9. The topological polar surface area (TPSA) is 240 Å². The van der Waals surface area contributed by atoms with Gasteiger partial charge in [-0.3, -0.25) is 34.0 Å². The number of amides is 3. The number of carboxylic acid groups (broad SMARTS) is 3. The van der Waals surface area contributed by atoms with Crippen LogP contribution >= 0.6 is 0 Å². The van der Waals surface area contributed by atoms with Gasteiger partial charge in [-0.05, 0) is 19.1 Å². The molecule has 1 unspecified atom stereocenters. The van der Waals surface area contributed by atoms with Crippen molar-refractivity contribution in [1.29, 1.82) is 0 Å². The van der Waals surface area contributed by atoms with E-state index in [-0.39, 0.29) is 44.5 Å². The Hall–Kier alpha value is -3.44. The van der Waals surface area contributed by atoms with Crippen LogP contribution in [0, 0.1) is 0 Å². The Balaban J connectivity index is 2.46. The van der Waals surface area contributed by atoms with E-state index in [1.165, 1.54) is 22.0 Å². The Bertz CT molecular complexity index is 894. The number of nitrogens with one attached hydrogen (secondary N) is 1. The number of carboxylic acids is 3. The van der Waals surface area contributed by atoms with Crippen molar-refractivity contribution in [1.82, 2.24) is 24.9 Å². The zero-order valence-electron chi connectivity index (χ0n) is 22.2. The minimum absolute atomic E-state index is 0.0365. The predicted octanol–water partition coefficient (Wildman–Crippen LogP) is -7.58. The van der Waals surface area contributed by atoms with Crippen molar-refractivity contribution in [2.24, 2.45) is 0 Å². The number of carbonyl (C=O) groups is 6. The maximum absolute atomic E-state index is 12.3. The van der Waals surface area contributed by atoms with E-state index in [0.717, 1.165) is 22.6 Å². The third-order valence-electron chi connectivity index (χ3n) is 5.84. The molecule has 0 bridgehead atoms. The smallest absolute Gasteiger partial charge is 0.253 e. The summed E-state index contributed by atoms with van der Waals surface area (Å²) in [6.07, 6.45) is 3.06. The van der Waals surface area contributed by atoms with Crippen LogP contribution in [0.15, 0.2) is 12.2 Å². The molecule has 1 heterocycles. The molecule has 0 radical (unpaired) electrons. The Morgan fingerprint density at radius 2 is 1.23 bits per heavy atom. The summed E-state index contributed by atoms with van der Waals surface area (Å²) in [4.78, 5) is 73.2. The third-order valence-corrected chi connectivity index (χ3v) is 5.84. The number of hydrogen-bond donors (Lipinski definition) is 2. The highest BCUT2D eigenvalue weighted by Crippen LogP contribution is 2.07. The van der Waals surface area contributed by atoms with Crippen molar-refractivity contribution in [3.05, 3.63) is 12.2 Å². The lowest BCUT2D eigenvalue weighted by molar-refractivity contribution is -0.483. The maximum Gasteiger partial charge on any atom is 0.253 e. The van der Waals surface area contributed by atoms with E-state index in [9.17, 15) is 49.2 Å². The fourth-order valence-electron chi connectivity index (χ4n) is 3.94. The first-order valence-corrected chi connectivity index (χ1v) is 12.8. The third kappa shape index (κ3) is 15.8. The van der Waals surface area contributed by atoms with Crippen molar-refractivity contribution >= 4 is 35.6 Å². The number of aliphatic hydroxyl groups is 1. The summed E-state index contributed by atoms with van der Waals surface area (Å²) < 4.78 is 0. The molecular formula is C24H35N5O11-4. The lowest BCUT2D eigenvalue weighted by Gasteiger charge is -2.32. The van der Waals surface area contributed by atoms with Crippen molar-refractivity contribution < 1.29 is 54.3 Å². The number of unbranched alkanes of at least 4 members (excludes halogenated alkanes) is 3. The van der Waals surface area contributed by atoms with E-state index in [0.29, 0.717) is 25.9 Å². The van der Waals surface area contributed by atoms with E-state index in [4.69, 9.17) is 5.11 Å². The SMILES string of the molecule is O=C([O-])CN(CCN(CC(=O)[O-])CC(=O)NCCCCCCN1C(=O)C=CC1=O)CCN(CC(=O)[O-])CC([O-])O. The summed E-state index contributed by atoms with van der Waals surface area (Å²) in [6, 6.07) is 0. The minimum Gasteiger partial charge on any atom is -0.830 e. The van der Waals surface area contributed by atoms with Gasteiger partial charge < -0.3 is 45.2 Å². The van der Waals surface area contributed by atoms with E-state index < -0.39 is 56.3 Å². The molecule has 1 aliphatic heterocycles. The number of aliphatic hydroxyl groups excluding tert-OH is 1. The molecular weight excluding hydrogens is 534 g/mol. The van der Waals surface area contributed by atoms with E-state index >= 15 is 0 Å². The lowest BCUT2D eigenvalue weighted by Crippen LogP contribution is -2.50. The van der Waals surface area contributed by atoms with Crippen LogP contribution in [0.5, 0.6) is 0 Å². The highest BCUT2D eigenvalue weighted by Gasteiger charge is 2.22. The van der Waals surface area contributed by atoms with Gasteiger partial charge in [0.2, 0.25) is 5.91 Å². The Morgan fingerprint density at radius 3 is 1.77 bits per heavy atom. The Morgan fingerprint density at radius 1 is 0.750 bits per heavy atom. The van der Waals surface area contributed by atoms with Gasteiger partial charge in [-0.15, -0.1) is 0 Å². The molecule has 0 spiro atoms. The quantitative estimate of drug-likeness (QED) is 0.0660. The van der Waals surface area contributed by atoms with Gasteiger partial charge in [0.25, 0.3) is 11.8 Å². The molecule has 3 amide bonds. The molecule has 2 N–H and O–H groups in total. The van der Waals surface area contributed by atoms with Gasteiger partial charge in [-0.1, -0.05) is 12.8 Å². The van der Waals surface area contributed by atoms with Gasteiger partial charge in [0, 0.05) is 77.6 Å². The highest BCUT2D eigenvalue weighted by atomic mass is 16.5. The van der Waals surface area contributed by atoms with Crippen molar-refractivity contribution in [2.75, 3.05) is 72.0 Å². The number of nitrogens with zero attached hydrogens (tertiary/aromatic N) is 4. The number of carbonyl (C=O) groups excluding carboxylic acids is 6. The lowest BCUT2D eigenvalue weighted by atomic mass is 10.2. The molecule has 0 aromatic heterocycles. The largest absolute Gasteiger partial charge is 0.830 e. The first kappa shape index (κ1) is 34.6. The van der Waals surface area contributed by atoms with Crippen LogP contribution in [0.3, 0.4) is 0 Å². The second-order valence-corrected chi connectivity index (χ2v) is 9.22. The summed E-state index contributed by atoms with van der Waals surface area (Å²) in [5, 5.41) is 55.9. The predicted molar refractivity (Wildman–Crippen MR) is 128 cm³/mol. The van der Waals surface area contributed by atoms with Gasteiger partial charge in [0.15, 0.2) is 0 Å². The second kappa shape index (κ2) is 18.8. The highest BCUT2D eigenvalue weighted by molar-refractivity contribution is 6.12. The van der Waals surface area contributed by atoms with E-state index in [1.807, 2.05) is 0 Å². The zero-order valence-corrected chi connectivity index (χ0v) is 22.2. The Kier molecular flexibility index (Phi) is 16.2. The van der Waals surface area contributed by atoms with Gasteiger partial charge in [0.05, 0.1) is 24.5 Å². The van der Waals surface area contributed by atoms with E-state index in [2.05, 4.69) is 5.32 Å². The minimum atomic E-state index is -2.07. The van der Waals surface area contributed by atoms with Crippen molar-refractivity contribution in [3.63, 3.8) is 0 Å². The summed E-state index contributed by atoms with van der Waals surface area (Å²) >= 11 is 0. The van der Waals surface area contributed by atoms with Gasteiger partial charge >= 0.3 is 0 Å². The molecule has 226 valence electrons. The molecule has 0 fully saturated rings. The zero-order chi connectivity index (χ0) is 30.1. The maximum atomic E-state index is 12.3. The molecule has 0 saturated heterocycles. The fraction of sp³-hybridized carbons (Fsp3) is 0.667. The monoisotopic (exact) mass is 569 g/mol. The van der Waals surface area contributed by atoms with Crippen LogP contribution in [0.1, 0.15) is 25.7 Å². The van der Waals surface area contributed by atoms with Crippen LogP contribution in [-0.2, 0) is 28.8 Å². The van der Waals surface area contributed by atoms with Gasteiger partial charge in [-0.2, -0.15) is 0 Å². The average Bonchev–Trinajstić information content (AvgIpc) is 3.15. The molecule has 0 aromatic rings. The number of aliphatic carboxylic acids is 3. The molecule has 0 saturated carbocycles.